The number of hydrogen-bond donors (Lipinski definition) is 3. The first-order chi connectivity index (χ1) is 12.0. The van der Waals surface area contributed by atoms with Crippen molar-refractivity contribution in [3.8, 4) is 0 Å². The molecule has 1 heterocycles. The van der Waals surface area contributed by atoms with Crippen LogP contribution in [0.25, 0.3) is 0 Å². The Labute approximate surface area is 147 Å². The summed E-state index contributed by atoms with van der Waals surface area (Å²) in [4.78, 5) is 25.1. The van der Waals surface area contributed by atoms with Crippen molar-refractivity contribution in [2.24, 2.45) is 5.92 Å². The van der Waals surface area contributed by atoms with Crippen molar-refractivity contribution in [1.82, 2.24) is 16.0 Å². The number of piperazine rings is 1. The molecule has 3 rings (SSSR count). The highest BCUT2D eigenvalue weighted by Crippen LogP contribution is 2.29. The fourth-order valence-electron chi connectivity index (χ4n) is 3.26. The number of nitrogens with one attached hydrogen (secondary N) is 3. The maximum absolute atomic E-state index is 14.4. The minimum absolute atomic E-state index is 0.103. The molecule has 6 nitrogen and oxygen atoms in total. The van der Waals surface area contributed by atoms with E-state index in [1.807, 2.05) is 6.92 Å². The molecule has 1 aromatic carbocycles. The standard InChI is InChI=1S/C18H25FN4O2/c1-12(14-3-2-4-14)22-18(25)21-10-13-5-6-16(15(19)9-13)23-8-7-20-17(24)11-23/h5-6,9,12,14H,2-4,7-8,10-11H2,1H3,(H,20,24)(H2,21,22,25)/t12-/m0/s1. The summed E-state index contributed by atoms with van der Waals surface area (Å²) < 4.78 is 14.4. The Hall–Kier alpha value is -2.31. The van der Waals surface area contributed by atoms with Gasteiger partial charge in [0, 0.05) is 25.7 Å². The first-order valence-corrected chi connectivity index (χ1v) is 8.87. The average Bonchev–Trinajstić information content (AvgIpc) is 2.51. The van der Waals surface area contributed by atoms with Gasteiger partial charge >= 0.3 is 6.03 Å². The Morgan fingerprint density at radius 2 is 2.24 bits per heavy atom. The molecular formula is C18H25FN4O2. The van der Waals surface area contributed by atoms with Gasteiger partial charge in [-0.25, -0.2) is 9.18 Å². The average molecular weight is 348 g/mol. The van der Waals surface area contributed by atoms with Crippen LogP contribution in [-0.4, -0.2) is 37.6 Å². The normalized spacial score (nSPS) is 19.0. The zero-order valence-electron chi connectivity index (χ0n) is 14.5. The molecule has 136 valence electrons. The molecule has 1 aliphatic heterocycles. The van der Waals surface area contributed by atoms with E-state index >= 15 is 0 Å². The number of benzene rings is 1. The fourth-order valence-corrected chi connectivity index (χ4v) is 3.26. The van der Waals surface area contributed by atoms with E-state index in [0.29, 0.717) is 30.3 Å². The van der Waals surface area contributed by atoms with E-state index in [4.69, 9.17) is 0 Å². The lowest BCUT2D eigenvalue weighted by Gasteiger charge is -2.31. The van der Waals surface area contributed by atoms with Crippen LogP contribution in [0.4, 0.5) is 14.9 Å². The molecule has 1 atom stereocenters. The third-order valence-corrected chi connectivity index (χ3v) is 5.06. The Morgan fingerprint density at radius 3 is 2.88 bits per heavy atom. The number of rotatable bonds is 5. The summed E-state index contributed by atoms with van der Waals surface area (Å²) >= 11 is 0. The predicted molar refractivity (Wildman–Crippen MR) is 93.8 cm³/mol. The highest BCUT2D eigenvalue weighted by atomic mass is 19.1. The van der Waals surface area contributed by atoms with Crippen LogP contribution >= 0.6 is 0 Å². The molecule has 2 aliphatic rings. The van der Waals surface area contributed by atoms with Crippen molar-refractivity contribution in [2.45, 2.75) is 38.8 Å². The summed E-state index contributed by atoms with van der Waals surface area (Å²) in [5.41, 5.74) is 1.11. The molecule has 0 spiro atoms. The van der Waals surface area contributed by atoms with Crippen molar-refractivity contribution in [2.75, 3.05) is 24.5 Å². The molecule has 0 unspecified atom stereocenters. The predicted octanol–water partition coefficient (Wildman–Crippen LogP) is 1.75. The van der Waals surface area contributed by atoms with Crippen molar-refractivity contribution >= 4 is 17.6 Å². The monoisotopic (exact) mass is 348 g/mol. The van der Waals surface area contributed by atoms with Crippen LogP contribution in [-0.2, 0) is 11.3 Å². The molecule has 25 heavy (non-hydrogen) atoms. The van der Waals surface area contributed by atoms with Gasteiger partial charge in [-0.1, -0.05) is 12.5 Å². The number of halogens is 1. The molecular weight excluding hydrogens is 323 g/mol. The molecule has 1 aliphatic carbocycles. The number of urea groups is 1. The van der Waals surface area contributed by atoms with Crippen molar-refractivity contribution in [1.29, 1.82) is 0 Å². The van der Waals surface area contributed by atoms with E-state index in [0.717, 1.165) is 0 Å². The topological polar surface area (TPSA) is 73.5 Å². The molecule has 0 aromatic heterocycles. The summed E-state index contributed by atoms with van der Waals surface area (Å²) in [6.45, 7) is 3.55. The molecule has 7 heteroatoms. The summed E-state index contributed by atoms with van der Waals surface area (Å²) in [6, 6.07) is 4.80. The van der Waals surface area contributed by atoms with Gasteiger partial charge in [0.2, 0.25) is 5.91 Å². The number of carbonyl (C=O) groups is 2. The van der Waals surface area contributed by atoms with Gasteiger partial charge in [-0.3, -0.25) is 4.79 Å². The zero-order chi connectivity index (χ0) is 17.8. The van der Waals surface area contributed by atoms with Gasteiger partial charge in [0.15, 0.2) is 0 Å². The SMILES string of the molecule is C[C@H](NC(=O)NCc1ccc(N2CCNC(=O)C2)c(F)c1)C1CCC1. The van der Waals surface area contributed by atoms with E-state index < -0.39 is 0 Å². The van der Waals surface area contributed by atoms with Crippen molar-refractivity contribution in [3.05, 3.63) is 29.6 Å². The third-order valence-electron chi connectivity index (χ3n) is 5.06. The van der Waals surface area contributed by atoms with Gasteiger partial charge in [0.1, 0.15) is 5.82 Å². The first-order valence-electron chi connectivity index (χ1n) is 8.87. The Morgan fingerprint density at radius 1 is 1.44 bits per heavy atom. The molecule has 0 bridgehead atoms. The molecule has 1 aromatic rings. The van der Waals surface area contributed by atoms with Crippen LogP contribution < -0.4 is 20.9 Å². The van der Waals surface area contributed by atoms with E-state index in [2.05, 4.69) is 16.0 Å². The van der Waals surface area contributed by atoms with Gasteiger partial charge in [0.05, 0.1) is 12.2 Å². The number of anilines is 1. The largest absolute Gasteiger partial charge is 0.358 e. The lowest BCUT2D eigenvalue weighted by atomic mass is 9.80. The van der Waals surface area contributed by atoms with Gasteiger partial charge in [-0.15, -0.1) is 0 Å². The second-order valence-corrected chi connectivity index (χ2v) is 6.86. The zero-order valence-corrected chi connectivity index (χ0v) is 14.5. The maximum Gasteiger partial charge on any atom is 0.315 e. The lowest BCUT2D eigenvalue weighted by Crippen LogP contribution is -2.48. The van der Waals surface area contributed by atoms with Crippen LogP contribution in [0.15, 0.2) is 18.2 Å². The summed E-state index contributed by atoms with van der Waals surface area (Å²) in [6.07, 6.45) is 3.58. The fraction of sp³-hybridized carbons (Fsp3) is 0.556. The molecule has 3 N–H and O–H groups in total. The minimum Gasteiger partial charge on any atom is -0.358 e. The third kappa shape index (κ3) is 4.41. The highest BCUT2D eigenvalue weighted by molar-refractivity contribution is 5.82. The van der Waals surface area contributed by atoms with Crippen LogP contribution in [0, 0.1) is 11.7 Å². The molecule has 1 saturated heterocycles. The Kier molecular flexibility index (Phi) is 5.40. The van der Waals surface area contributed by atoms with Crippen molar-refractivity contribution < 1.29 is 14.0 Å². The Bertz CT molecular complexity index is 648. The van der Waals surface area contributed by atoms with Gasteiger partial charge in [-0.2, -0.15) is 0 Å². The van der Waals surface area contributed by atoms with Crippen molar-refractivity contribution in [3.63, 3.8) is 0 Å². The molecule has 1 saturated carbocycles. The van der Waals surface area contributed by atoms with Gasteiger partial charge in [0.25, 0.3) is 0 Å². The number of amides is 3. The van der Waals surface area contributed by atoms with Crippen LogP contribution in [0.3, 0.4) is 0 Å². The van der Waals surface area contributed by atoms with Gasteiger partial charge < -0.3 is 20.9 Å². The van der Waals surface area contributed by atoms with E-state index in [-0.39, 0.29) is 36.9 Å². The second kappa shape index (κ2) is 7.72. The van der Waals surface area contributed by atoms with E-state index in [1.54, 1.807) is 17.0 Å². The number of nitrogens with zero attached hydrogens (tertiary/aromatic N) is 1. The van der Waals surface area contributed by atoms with E-state index in [1.165, 1.54) is 25.3 Å². The minimum atomic E-state index is -0.378. The quantitative estimate of drug-likeness (QED) is 0.759. The summed E-state index contributed by atoms with van der Waals surface area (Å²) in [7, 11) is 0. The van der Waals surface area contributed by atoms with Crippen LogP contribution in [0.1, 0.15) is 31.7 Å². The molecule has 2 fully saturated rings. The number of hydrogen-bond acceptors (Lipinski definition) is 3. The molecule has 3 amide bonds. The number of carbonyl (C=O) groups excluding carboxylic acids is 2. The lowest BCUT2D eigenvalue weighted by molar-refractivity contribution is -0.120. The van der Waals surface area contributed by atoms with E-state index in [9.17, 15) is 14.0 Å². The van der Waals surface area contributed by atoms with Crippen LogP contribution in [0.5, 0.6) is 0 Å². The smallest absolute Gasteiger partial charge is 0.315 e. The first kappa shape index (κ1) is 17.5. The molecule has 0 radical (unpaired) electrons. The summed E-state index contributed by atoms with van der Waals surface area (Å²) in [5.74, 6) is 0.0927. The second-order valence-electron chi connectivity index (χ2n) is 6.86. The maximum atomic E-state index is 14.4. The van der Waals surface area contributed by atoms with Gasteiger partial charge in [-0.05, 0) is 43.4 Å². The van der Waals surface area contributed by atoms with Crippen LogP contribution in [0.2, 0.25) is 0 Å². The summed E-state index contributed by atoms with van der Waals surface area (Å²) in [5, 5.41) is 8.43. The Balaban J connectivity index is 1.52. The highest BCUT2D eigenvalue weighted by Gasteiger charge is 2.25.